The highest BCUT2D eigenvalue weighted by molar-refractivity contribution is 8.04. The number of nitrogens with one attached hydrogen (secondary N) is 2. The zero-order valence-corrected chi connectivity index (χ0v) is 16.8. The minimum absolute atomic E-state index is 0.0167. The third kappa shape index (κ3) is 5.36. The van der Waals surface area contributed by atoms with Crippen LogP contribution in [0.4, 0.5) is 0 Å². The van der Waals surface area contributed by atoms with Crippen LogP contribution in [0.15, 0.2) is 29.2 Å². The quantitative estimate of drug-likeness (QED) is 0.581. The topological polar surface area (TPSA) is 67.4 Å². The summed E-state index contributed by atoms with van der Waals surface area (Å²) >= 11 is 1.66. The van der Waals surface area contributed by atoms with E-state index in [2.05, 4.69) is 16.7 Å². The van der Waals surface area contributed by atoms with Gasteiger partial charge in [0.15, 0.2) is 0 Å². The van der Waals surface area contributed by atoms with Gasteiger partial charge in [0.25, 0.3) is 5.91 Å². The van der Waals surface area contributed by atoms with Crippen LogP contribution < -0.4 is 10.6 Å². The molecule has 0 bridgehead atoms. The molecule has 3 unspecified atom stereocenters. The first-order valence-corrected chi connectivity index (χ1v) is 10.5. The van der Waals surface area contributed by atoms with Crippen molar-refractivity contribution in [3.8, 4) is 0 Å². The first-order valence-electron chi connectivity index (χ1n) is 9.59. The Morgan fingerprint density at radius 3 is 3.04 bits per heavy atom. The Labute approximate surface area is 165 Å². The van der Waals surface area contributed by atoms with Gasteiger partial charge in [0.05, 0.1) is 4.91 Å². The van der Waals surface area contributed by atoms with Crippen LogP contribution in [-0.2, 0) is 14.3 Å². The molecule has 2 N–H and O–H groups in total. The molecule has 1 aromatic rings. The molecule has 1 saturated heterocycles. The fourth-order valence-corrected chi connectivity index (χ4v) is 5.01. The van der Waals surface area contributed by atoms with Gasteiger partial charge >= 0.3 is 0 Å². The van der Waals surface area contributed by atoms with Gasteiger partial charge in [-0.25, -0.2) is 0 Å². The molecule has 0 spiro atoms. The van der Waals surface area contributed by atoms with Crippen LogP contribution in [0.25, 0.3) is 6.08 Å². The molecule has 1 saturated carbocycles. The predicted molar refractivity (Wildman–Crippen MR) is 109 cm³/mol. The highest BCUT2D eigenvalue weighted by atomic mass is 32.2. The number of benzene rings is 1. The van der Waals surface area contributed by atoms with Crippen molar-refractivity contribution in [2.75, 3.05) is 20.3 Å². The Morgan fingerprint density at radius 2 is 2.26 bits per heavy atom. The normalized spacial score (nSPS) is 26.4. The zero-order chi connectivity index (χ0) is 19.2. The van der Waals surface area contributed by atoms with E-state index in [0.29, 0.717) is 18.4 Å². The van der Waals surface area contributed by atoms with Crippen LogP contribution in [0, 0.1) is 12.8 Å². The standard InChI is InChI=1S/C21H28N2O3S/c1-14-5-3-6-15(11-14)12-19-21(25)23-17-13-16(7-8-18(17)27-19)20(24)22-9-4-10-26-2/h3,5-6,11-12,16-18H,4,7-10,13H2,1-2H3,(H,22,24)(H,23,25)/b19-12+. The number of carbonyl (C=O) groups is 2. The maximum atomic E-state index is 12.5. The summed E-state index contributed by atoms with van der Waals surface area (Å²) in [7, 11) is 1.66. The number of carbonyl (C=O) groups excluding carboxylic acids is 2. The number of hydrogen-bond donors (Lipinski definition) is 2. The van der Waals surface area contributed by atoms with Crippen LogP contribution in [0.1, 0.15) is 36.8 Å². The molecule has 3 atom stereocenters. The van der Waals surface area contributed by atoms with Crippen molar-refractivity contribution in [3.05, 3.63) is 40.3 Å². The molecule has 1 aliphatic heterocycles. The fourth-order valence-electron chi connectivity index (χ4n) is 3.71. The lowest BCUT2D eigenvalue weighted by atomic mass is 9.84. The van der Waals surface area contributed by atoms with Crippen LogP contribution >= 0.6 is 11.8 Å². The van der Waals surface area contributed by atoms with Crippen molar-refractivity contribution in [2.24, 2.45) is 5.92 Å². The predicted octanol–water partition coefficient (Wildman–Crippen LogP) is 2.89. The van der Waals surface area contributed by atoms with Crippen molar-refractivity contribution >= 4 is 29.7 Å². The summed E-state index contributed by atoms with van der Waals surface area (Å²) in [5, 5.41) is 6.47. The molecular weight excluding hydrogens is 360 g/mol. The number of amides is 2. The third-order valence-electron chi connectivity index (χ3n) is 5.14. The molecule has 5 nitrogen and oxygen atoms in total. The number of fused-ring (bicyclic) bond motifs is 1. The van der Waals surface area contributed by atoms with Gasteiger partial charge in [0.2, 0.25) is 5.91 Å². The lowest BCUT2D eigenvalue weighted by Gasteiger charge is -2.39. The molecule has 1 aliphatic carbocycles. The summed E-state index contributed by atoms with van der Waals surface area (Å²) in [5.41, 5.74) is 2.23. The van der Waals surface area contributed by atoms with Gasteiger partial charge in [-0.3, -0.25) is 9.59 Å². The average Bonchev–Trinajstić information content (AvgIpc) is 2.65. The maximum Gasteiger partial charge on any atom is 0.257 e. The Hall–Kier alpha value is -1.79. The Kier molecular flexibility index (Phi) is 6.96. The van der Waals surface area contributed by atoms with E-state index in [1.807, 2.05) is 31.2 Å². The molecule has 146 valence electrons. The number of aryl methyl sites for hydroxylation is 1. The van der Waals surface area contributed by atoms with Gasteiger partial charge in [-0.15, -0.1) is 11.8 Å². The number of hydrogen-bond acceptors (Lipinski definition) is 4. The molecule has 0 aromatic heterocycles. The average molecular weight is 389 g/mol. The summed E-state index contributed by atoms with van der Waals surface area (Å²) in [5.74, 6) is 0.0609. The number of methoxy groups -OCH3 is 1. The van der Waals surface area contributed by atoms with Crippen LogP contribution in [0.2, 0.25) is 0 Å². The van der Waals surface area contributed by atoms with Gasteiger partial charge in [0, 0.05) is 37.5 Å². The van der Waals surface area contributed by atoms with E-state index in [4.69, 9.17) is 4.74 Å². The maximum absolute atomic E-state index is 12.5. The van der Waals surface area contributed by atoms with E-state index in [1.54, 1.807) is 18.9 Å². The zero-order valence-electron chi connectivity index (χ0n) is 16.0. The van der Waals surface area contributed by atoms with E-state index in [-0.39, 0.29) is 23.8 Å². The van der Waals surface area contributed by atoms with Gasteiger partial charge in [0.1, 0.15) is 0 Å². The van der Waals surface area contributed by atoms with Crippen LogP contribution in [0.3, 0.4) is 0 Å². The molecular formula is C21H28N2O3S. The van der Waals surface area contributed by atoms with E-state index in [9.17, 15) is 9.59 Å². The molecule has 27 heavy (non-hydrogen) atoms. The van der Waals surface area contributed by atoms with Crippen molar-refractivity contribution in [1.29, 1.82) is 0 Å². The first-order chi connectivity index (χ1) is 13.1. The molecule has 3 rings (SSSR count). The lowest BCUT2D eigenvalue weighted by molar-refractivity contribution is -0.127. The molecule has 2 aliphatic rings. The number of thioether (sulfide) groups is 1. The van der Waals surface area contributed by atoms with Gasteiger partial charge < -0.3 is 15.4 Å². The van der Waals surface area contributed by atoms with Crippen molar-refractivity contribution < 1.29 is 14.3 Å². The molecule has 2 fully saturated rings. The molecule has 1 heterocycles. The van der Waals surface area contributed by atoms with Crippen molar-refractivity contribution in [1.82, 2.24) is 10.6 Å². The van der Waals surface area contributed by atoms with Crippen molar-refractivity contribution in [3.63, 3.8) is 0 Å². The van der Waals surface area contributed by atoms with E-state index in [0.717, 1.165) is 36.2 Å². The SMILES string of the molecule is COCCCNC(=O)C1CCC2S/C(=C/c3cccc(C)c3)C(=O)NC2C1. The number of ether oxygens (including phenoxy) is 1. The largest absolute Gasteiger partial charge is 0.385 e. The van der Waals surface area contributed by atoms with E-state index < -0.39 is 0 Å². The second kappa shape index (κ2) is 9.42. The van der Waals surface area contributed by atoms with E-state index in [1.165, 1.54) is 5.56 Å². The highest BCUT2D eigenvalue weighted by Gasteiger charge is 2.39. The monoisotopic (exact) mass is 388 g/mol. The second-order valence-corrected chi connectivity index (χ2v) is 8.59. The molecule has 0 radical (unpaired) electrons. The Morgan fingerprint density at radius 1 is 1.41 bits per heavy atom. The summed E-state index contributed by atoms with van der Waals surface area (Å²) in [6.45, 7) is 3.34. The fraction of sp³-hybridized carbons (Fsp3) is 0.524. The lowest BCUT2D eigenvalue weighted by Crippen LogP contribution is -2.51. The summed E-state index contributed by atoms with van der Waals surface area (Å²) < 4.78 is 5.00. The smallest absolute Gasteiger partial charge is 0.257 e. The van der Waals surface area contributed by atoms with Crippen LogP contribution in [-0.4, -0.2) is 43.4 Å². The molecule has 2 amide bonds. The van der Waals surface area contributed by atoms with Gasteiger partial charge in [-0.2, -0.15) is 0 Å². The van der Waals surface area contributed by atoms with Gasteiger partial charge in [-0.1, -0.05) is 29.8 Å². The molecule has 6 heteroatoms. The van der Waals surface area contributed by atoms with Crippen molar-refractivity contribution in [2.45, 2.75) is 43.9 Å². The second-order valence-electron chi connectivity index (χ2n) is 7.31. The Balaban J connectivity index is 1.57. The Bertz CT molecular complexity index is 719. The summed E-state index contributed by atoms with van der Waals surface area (Å²) in [4.78, 5) is 25.7. The third-order valence-corrected chi connectivity index (χ3v) is 6.56. The first kappa shape index (κ1) is 20.0. The van der Waals surface area contributed by atoms with Crippen LogP contribution in [0.5, 0.6) is 0 Å². The summed E-state index contributed by atoms with van der Waals surface area (Å²) in [6, 6.07) is 8.23. The minimum Gasteiger partial charge on any atom is -0.385 e. The summed E-state index contributed by atoms with van der Waals surface area (Å²) in [6.07, 6.45) is 5.32. The number of rotatable bonds is 6. The minimum atomic E-state index is -0.0242. The molecule has 1 aromatic carbocycles. The highest BCUT2D eigenvalue weighted by Crippen LogP contribution is 2.39. The van der Waals surface area contributed by atoms with E-state index >= 15 is 0 Å². The van der Waals surface area contributed by atoms with Gasteiger partial charge in [-0.05, 0) is 44.2 Å².